The highest BCUT2D eigenvalue weighted by Gasteiger charge is 2.65. The van der Waals surface area contributed by atoms with Gasteiger partial charge in [0, 0.05) is 6.04 Å². The Labute approximate surface area is 110 Å². The quantitative estimate of drug-likeness (QED) is 0.885. The van der Waals surface area contributed by atoms with Crippen molar-refractivity contribution in [1.82, 2.24) is 0 Å². The van der Waals surface area contributed by atoms with Crippen LogP contribution in [0.3, 0.4) is 0 Å². The lowest BCUT2D eigenvalue weighted by atomic mass is 10.0. The van der Waals surface area contributed by atoms with Crippen LogP contribution in [0.2, 0.25) is 0 Å². The van der Waals surface area contributed by atoms with Crippen LogP contribution in [0, 0.1) is 46.6 Å². The number of nitrogens with zero attached hydrogens (tertiary/aromatic N) is 1. The van der Waals surface area contributed by atoms with Gasteiger partial charge in [0.1, 0.15) is 6.07 Å². The summed E-state index contributed by atoms with van der Waals surface area (Å²) < 4.78 is 27.4. The largest absolute Gasteiger partial charge is 0.379 e. The lowest BCUT2D eigenvalue weighted by molar-refractivity contribution is 0.456. The second kappa shape index (κ2) is 3.69. The summed E-state index contributed by atoms with van der Waals surface area (Å²) >= 11 is 0. The lowest BCUT2D eigenvalue weighted by Gasteiger charge is -2.13. The summed E-state index contributed by atoms with van der Waals surface area (Å²) in [6.45, 7) is 0. The summed E-state index contributed by atoms with van der Waals surface area (Å²) in [6, 6.07) is 4.79. The highest BCUT2D eigenvalue weighted by atomic mass is 19.2. The second-order valence-electron chi connectivity index (χ2n) is 6.06. The van der Waals surface area contributed by atoms with E-state index >= 15 is 0 Å². The van der Waals surface area contributed by atoms with E-state index in [1.165, 1.54) is 31.4 Å². The third-order valence-corrected chi connectivity index (χ3v) is 5.26. The summed E-state index contributed by atoms with van der Waals surface area (Å²) in [7, 11) is 0. The zero-order valence-corrected chi connectivity index (χ0v) is 10.4. The molecule has 3 fully saturated rings. The summed E-state index contributed by atoms with van der Waals surface area (Å²) in [5, 5.41) is 11.8. The van der Waals surface area contributed by atoms with Crippen molar-refractivity contribution in [3.05, 3.63) is 29.3 Å². The molecule has 2 bridgehead atoms. The number of benzene rings is 1. The molecular weight excluding hydrogens is 246 g/mol. The monoisotopic (exact) mass is 260 g/mol. The predicted molar refractivity (Wildman–Crippen MR) is 66.3 cm³/mol. The number of hydrogen-bond acceptors (Lipinski definition) is 2. The average Bonchev–Trinajstić information content (AvgIpc) is 2.82. The molecule has 98 valence electrons. The summed E-state index contributed by atoms with van der Waals surface area (Å²) in [4.78, 5) is 0. The molecule has 0 spiro atoms. The van der Waals surface area contributed by atoms with Crippen molar-refractivity contribution in [1.29, 1.82) is 5.26 Å². The third kappa shape index (κ3) is 1.44. The first-order valence-corrected chi connectivity index (χ1v) is 6.85. The Bertz CT molecular complexity index is 577. The molecule has 0 saturated heterocycles. The van der Waals surface area contributed by atoms with Crippen LogP contribution in [0.5, 0.6) is 0 Å². The number of anilines is 1. The minimum Gasteiger partial charge on any atom is -0.379 e. The van der Waals surface area contributed by atoms with Crippen molar-refractivity contribution in [3.63, 3.8) is 0 Å². The molecule has 1 N–H and O–H groups in total. The Balaban J connectivity index is 1.56. The molecule has 4 rings (SSSR count). The van der Waals surface area contributed by atoms with Crippen molar-refractivity contribution < 1.29 is 8.78 Å². The Hall–Kier alpha value is -1.63. The fourth-order valence-electron chi connectivity index (χ4n) is 4.45. The van der Waals surface area contributed by atoms with E-state index in [0.717, 1.165) is 11.8 Å². The minimum absolute atomic E-state index is 0.204. The number of halogens is 2. The molecule has 4 heteroatoms. The molecule has 0 aromatic heterocycles. The topological polar surface area (TPSA) is 35.8 Å². The molecule has 3 aliphatic carbocycles. The molecule has 3 aliphatic rings. The number of hydrogen-bond donors (Lipinski definition) is 1. The van der Waals surface area contributed by atoms with Crippen molar-refractivity contribution in [2.45, 2.75) is 25.3 Å². The summed E-state index contributed by atoms with van der Waals surface area (Å²) in [5.41, 5.74) is -0.0330. The van der Waals surface area contributed by atoms with Crippen LogP contribution in [0.4, 0.5) is 14.5 Å². The Kier molecular flexibility index (Phi) is 2.18. The normalized spacial score (nSPS) is 37.8. The zero-order chi connectivity index (χ0) is 13.1. The van der Waals surface area contributed by atoms with E-state index < -0.39 is 11.6 Å². The molecule has 1 aromatic rings. The second-order valence-corrected chi connectivity index (χ2v) is 6.06. The van der Waals surface area contributed by atoms with Gasteiger partial charge in [-0.05, 0) is 55.1 Å². The highest BCUT2D eigenvalue weighted by molar-refractivity contribution is 5.52. The van der Waals surface area contributed by atoms with Gasteiger partial charge >= 0.3 is 0 Å². The maximum Gasteiger partial charge on any atom is 0.183 e. The fraction of sp³-hybridized carbons (Fsp3) is 0.533. The van der Waals surface area contributed by atoms with Crippen LogP contribution in [0.25, 0.3) is 0 Å². The van der Waals surface area contributed by atoms with Gasteiger partial charge in [-0.15, -0.1) is 0 Å². The average molecular weight is 260 g/mol. The molecule has 0 aliphatic heterocycles. The molecule has 0 radical (unpaired) electrons. The molecule has 0 amide bonds. The van der Waals surface area contributed by atoms with Crippen LogP contribution >= 0.6 is 0 Å². The van der Waals surface area contributed by atoms with Gasteiger partial charge in [-0.2, -0.15) is 5.26 Å². The van der Waals surface area contributed by atoms with Crippen molar-refractivity contribution in [3.8, 4) is 6.07 Å². The van der Waals surface area contributed by atoms with Crippen LogP contribution in [0.1, 0.15) is 24.8 Å². The summed E-state index contributed by atoms with van der Waals surface area (Å²) in [6.07, 6.45) is 3.93. The molecule has 0 heterocycles. The van der Waals surface area contributed by atoms with Crippen molar-refractivity contribution in [2.75, 3.05) is 5.32 Å². The van der Waals surface area contributed by atoms with E-state index in [9.17, 15) is 8.78 Å². The van der Waals surface area contributed by atoms with Crippen LogP contribution in [-0.4, -0.2) is 6.04 Å². The number of rotatable bonds is 2. The first kappa shape index (κ1) is 11.2. The zero-order valence-electron chi connectivity index (χ0n) is 10.4. The van der Waals surface area contributed by atoms with Gasteiger partial charge in [-0.25, -0.2) is 8.78 Å². The van der Waals surface area contributed by atoms with Gasteiger partial charge in [0.2, 0.25) is 0 Å². The Morgan fingerprint density at radius 2 is 1.79 bits per heavy atom. The van der Waals surface area contributed by atoms with Crippen molar-refractivity contribution in [2.24, 2.45) is 23.7 Å². The molecule has 4 atom stereocenters. The van der Waals surface area contributed by atoms with Gasteiger partial charge < -0.3 is 5.32 Å². The Morgan fingerprint density at radius 1 is 1.11 bits per heavy atom. The number of nitriles is 1. The maximum absolute atomic E-state index is 13.8. The van der Waals surface area contributed by atoms with Gasteiger partial charge in [-0.1, -0.05) is 0 Å². The van der Waals surface area contributed by atoms with E-state index in [-0.39, 0.29) is 11.3 Å². The van der Waals surface area contributed by atoms with Gasteiger partial charge in [0.05, 0.1) is 11.3 Å². The highest BCUT2D eigenvalue weighted by Crippen LogP contribution is 2.66. The lowest BCUT2D eigenvalue weighted by Crippen LogP contribution is -2.14. The first-order chi connectivity index (χ1) is 9.20. The van der Waals surface area contributed by atoms with Crippen LogP contribution in [0.15, 0.2) is 12.1 Å². The van der Waals surface area contributed by atoms with E-state index in [0.29, 0.717) is 17.9 Å². The van der Waals surface area contributed by atoms with E-state index in [2.05, 4.69) is 5.32 Å². The Morgan fingerprint density at radius 3 is 2.42 bits per heavy atom. The van der Waals surface area contributed by atoms with Gasteiger partial charge in [0.15, 0.2) is 11.6 Å². The molecule has 2 nitrogen and oxygen atoms in total. The molecular formula is C15H14F2N2. The van der Waals surface area contributed by atoms with Crippen LogP contribution < -0.4 is 5.32 Å². The van der Waals surface area contributed by atoms with Crippen LogP contribution in [-0.2, 0) is 0 Å². The molecule has 1 aromatic carbocycles. The predicted octanol–water partition coefficient (Wildman–Crippen LogP) is 3.29. The fourth-order valence-corrected chi connectivity index (χ4v) is 4.45. The molecule has 3 saturated carbocycles. The minimum atomic E-state index is -1.04. The third-order valence-electron chi connectivity index (χ3n) is 5.26. The molecule has 4 unspecified atom stereocenters. The van der Waals surface area contributed by atoms with Gasteiger partial charge in [-0.3, -0.25) is 0 Å². The van der Waals surface area contributed by atoms with Crippen molar-refractivity contribution >= 4 is 5.69 Å². The van der Waals surface area contributed by atoms with E-state index in [1.54, 1.807) is 6.07 Å². The standard InChI is InChI=1S/C15H14F2N2/c16-13-9(6-18)3-4-10(14(13)17)19-15-11-7-1-2-8(5-7)12(11)15/h3-4,7-8,11-12,15,19H,1-2,5H2. The number of fused-ring (bicyclic) bond motifs is 5. The first-order valence-electron chi connectivity index (χ1n) is 6.85. The van der Waals surface area contributed by atoms with Gasteiger partial charge in [0.25, 0.3) is 0 Å². The SMILES string of the molecule is N#Cc1ccc(NC2C3C4CCC(C4)C23)c(F)c1F. The smallest absolute Gasteiger partial charge is 0.183 e. The molecule has 19 heavy (non-hydrogen) atoms. The number of nitrogens with one attached hydrogen (secondary N) is 1. The summed E-state index contributed by atoms with van der Waals surface area (Å²) in [5.74, 6) is 0.948. The van der Waals surface area contributed by atoms with E-state index in [4.69, 9.17) is 5.26 Å². The van der Waals surface area contributed by atoms with E-state index in [1.807, 2.05) is 0 Å². The maximum atomic E-state index is 13.8.